The Morgan fingerprint density at radius 2 is 2.20 bits per heavy atom. The standard InChI is InChI=1S/C13H21NO/c1-3-4-8-15-13(10-14)12-7-5-6-11(2)9-12/h5-7,9,13H,3-4,8,10,14H2,1-2H3. The summed E-state index contributed by atoms with van der Waals surface area (Å²) in [4.78, 5) is 0. The van der Waals surface area contributed by atoms with Gasteiger partial charge >= 0.3 is 0 Å². The summed E-state index contributed by atoms with van der Waals surface area (Å²) < 4.78 is 5.75. The van der Waals surface area contributed by atoms with E-state index in [2.05, 4.69) is 38.1 Å². The predicted octanol–water partition coefficient (Wildman–Crippen LogP) is 2.81. The van der Waals surface area contributed by atoms with E-state index < -0.39 is 0 Å². The highest BCUT2D eigenvalue weighted by Crippen LogP contribution is 2.17. The lowest BCUT2D eigenvalue weighted by atomic mass is 10.1. The second kappa shape index (κ2) is 6.59. The van der Waals surface area contributed by atoms with E-state index in [1.165, 1.54) is 11.1 Å². The Hall–Kier alpha value is -0.860. The number of benzene rings is 1. The Morgan fingerprint density at radius 3 is 2.80 bits per heavy atom. The lowest BCUT2D eigenvalue weighted by Crippen LogP contribution is -2.16. The summed E-state index contributed by atoms with van der Waals surface area (Å²) in [6, 6.07) is 8.36. The maximum Gasteiger partial charge on any atom is 0.0947 e. The van der Waals surface area contributed by atoms with Gasteiger partial charge in [-0.2, -0.15) is 0 Å². The molecule has 0 fully saturated rings. The molecule has 0 amide bonds. The van der Waals surface area contributed by atoms with Gasteiger partial charge in [0.1, 0.15) is 0 Å². The third-order valence-electron chi connectivity index (χ3n) is 2.44. The van der Waals surface area contributed by atoms with Gasteiger partial charge in [-0.1, -0.05) is 43.2 Å². The van der Waals surface area contributed by atoms with Crippen molar-refractivity contribution >= 4 is 0 Å². The zero-order valence-corrected chi connectivity index (χ0v) is 9.70. The van der Waals surface area contributed by atoms with Gasteiger partial charge in [0.25, 0.3) is 0 Å². The van der Waals surface area contributed by atoms with E-state index in [0.29, 0.717) is 6.54 Å². The van der Waals surface area contributed by atoms with Crippen LogP contribution in [-0.4, -0.2) is 13.2 Å². The van der Waals surface area contributed by atoms with E-state index >= 15 is 0 Å². The van der Waals surface area contributed by atoms with Gasteiger partial charge in [0, 0.05) is 13.2 Å². The first-order valence-electron chi connectivity index (χ1n) is 5.66. The van der Waals surface area contributed by atoms with Crippen LogP contribution < -0.4 is 5.73 Å². The van der Waals surface area contributed by atoms with Crippen molar-refractivity contribution in [3.8, 4) is 0 Å². The molecule has 0 heterocycles. The van der Waals surface area contributed by atoms with Crippen molar-refractivity contribution in [1.29, 1.82) is 0 Å². The Morgan fingerprint density at radius 1 is 1.40 bits per heavy atom. The molecule has 0 aliphatic rings. The molecular weight excluding hydrogens is 186 g/mol. The molecule has 1 rings (SSSR count). The van der Waals surface area contributed by atoms with Crippen molar-refractivity contribution in [3.63, 3.8) is 0 Å². The monoisotopic (exact) mass is 207 g/mol. The Bertz CT molecular complexity index is 286. The molecule has 0 aliphatic heterocycles. The minimum Gasteiger partial charge on any atom is -0.372 e. The molecule has 0 bridgehead atoms. The van der Waals surface area contributed by atoms with Crippen LogP contribution in [0, 0.1) is 6.92 Å². The van der Waals surface area contributed by atoms with E-state index in [1.54, 1.807) is 0 Å². The topological polar surface area (TPSA) is 35.2 Å². The van der Waals surface area contributed by atoms with Crippen LogP contribution in [0.2, 0.25) is 0 Å². The highest BCUT2D eigenvalue weighted by atomic mass is 16.5. The van der Waals surface area contributed by atoms with Crippen LogP contribution in [0.25, 0.3) is 0 Å². The molecule has 0 saturated heterocycles. The summed E-state index contributed by atoms with van der Waals surface area (Å²) in [5.41, 5.74) is 8.16. The van der Waals surface area contributed by atoms with Crippen LogP contribution in [0.3, 0.4) is 0 Å². The van der Waals surface area contributed by atoms with Crippen molar-refractivity contribution in [2.75, 3.05) is 13.2 Å². The first-order valence-corrected chi connectivity index (χ1v) is 5.66. The van der Waals surface area contributed by atoms with Crippen LogP contribution >= 0.6 is 0 Å². The van der Waals surface area contributed by atoms with Crippen LogP contribution in [0.1, 0.15) is 37.0 Å². The fourth-order valence-electron chi connectivity index (χ4n) is 1.54. The molecule has 1 aromatic carbocycles. The van der Waals surface area contributed by atoms with Crippen LogP contribution in [0.15, 0.2) is 24.3 Å². The third-order valence-corrected chi connectivity index (χ3v) is 2.44. The number of aryl methyl sites for hydroxylation is 1. The van der Waals surface area contributed by atoms with Crippen LogP contribution in [0.4, 0.5) is 0 Å². The van der Waals surface area contributed by atoms with Gasteiger partial charge in [-0.15, -0.1) is 0 Å². The average molecular weight is 207 g/mol. The van der Waals surface area contributed by atoms with E-state index in [-0.39, 0.29) is 6.10 Å². The highest BCUT2D eigenvalue weighted by Gasteiger charge is 2.09. The number of hydrogen-bond acceptors (Lipinski definition) is 2. The van der Waals surface area contributed by atoms with Gasteiger partial charge in [-0.25, -0.2) is 0 Å². The molecule has 0 spiro atoms. The van der Waals surface area contributed by atoms with Crippen molar-refractivity contribution in [2.24, 2.45) is 5.73 Å². The lowest BCUT2D eigenvalue weighted by Gasteiger charge is -2.16. The molecular formula is C13H21NO. The molecule has 2 nitrogen and oxygen atoms in total. The van der Waals surface area contributed by atoms with Crippen molar-refractivity contribution in [2.45, 2.75) is 32.8 Å². The third kappa shape index (κ3) is 4.02. The van der Waals surface area contributed by atoms with Crippen molar-refractivity contribution in [1.82, 2.24) is 0 Å². The summed E-state index contributed by atoms with van der Waals surface area (Å²) >= 11 is 0. The number of rotatable bonds is 6. The molecule has 84 valence electrons. The number of ether oxygens (including phenoxy) is 1. The van der Waals surface area contributed by atoms with Gasteiger partial charge in [0.15, 0.2) is 0 Å². The molecule has 1 aromatic rings. The molecule has 0 radical (unpaired) electrons. The first-order chi connectivity index (χ1) is 7.27. The van der Waals surface area contributed by atoms with Crippen LogP contribution in [0.5, 0.6) is 0 Å². The van der Waals surface area contributed by atoms with Gasteiger partial charge in [-0.3, -0.25) is 0 Å². The zero-order chi connectivity index (χ0) is 11.1. The Kier molecular flexibility index (Phi) is 5.37. The fourth-order valence-corrected chi connectivity index (χ4v) is 1.54. The molecule has 0 aliphatic carbocycles. The van der Waals surface area contributed by atoms with E-state index in [9.17, 15) is 0 Å². The second-order valence-corrected chi connectivity index (χ2v) is 3.86. The maximum absolute atomic E-state index is 5.75. The minimum absolute atomic E-state index is 0.0523. The molecule has 1 atom stereocenters. The van der Waals surface area contributed by atoms with Gasteiger partial charge in [0.05, 0.1) is 6.10 Å². The SMILES string of the molecule is CCCCOC(CN)c1cccc(C)c1. The summed E-state index contributed by atoms with van der Waals surface area (Å²) in [5.74, 6) is 0. The largest absolute Gasteiger partial charge is 0.372 e. The van der Waals surface area contributed by atoms with E-state index in [1.807, 2.05) is 0 Å². The zero-order valence-electron chi connectivity index (χ0n) is 9.70. The molecule has 0 aromatic heterocycles. The van der Waals surface area contributed by atoms with Crippen molar-refractivity contribution < 1.29 is 4.74 Å². The normalized spacial score (nSPS) is 12.7. The first kappa shape index (κ1) is 12.2. The van der Waals surface area contributed by atoms with Gasteiger partial charge in [0.2, 0.25) is 0 Å². The number of unbranched alkanes of at least 4 members (excludes halogenated alkanes) is 1. The minimum atomic E-state index is 0.0523. The molecule has 2 heteroatoms. The quantitative estimate of drug-likeness (QED) is 0.728. The maximum atomic E-state index is 5.75. The van der Waals surface area contributed by atoms with E-state index in [4.69, 9.17) is 10.5 Å². The summed E-state index contributed by atoms with van der Waals surface area (Å²) in [6.07, 6.45) is 2.31. The molecule has 15 heavy (non-hydrogen) atoms. The molecule has 1 unspecified atom stereocenters. The van der Waals surface area contributed by atoms with Gasteiger partial charge < -0.3 is 10.5 Å². The highest BCUT2D eigenvalue weighted by molar-refractivity contribution is 5.24. The van der Waals surface area contributed by atoms with E-state index in [0.717, 1.165) is 19.4 Å². The smallest absolute Gasteiger partial charge is 0.0947 e. The Labute approximate surface area is 92.4 Å². The molecule has 2 N–H and O–H groups in total. The lowest BCUT2D eigenvalue weighted by molar-refractivity contribution is 0.0566. The average Bonchev–Trinajstić information content (AvgIpc) is 2.24. The van der Waals surface area contributed by atoms with Crippen molar-refractivity contribution in [3.05, 3.63) is 35.4 Å². The van der Waals surface area contributed by atoms with Gasteiger partial charge in [-0.05, 0) is 18.9 Å². The number of nitrogens with two attached hydrogens (primary N) is 1. The predicted molar refractivity (Wildman–Crippen MR) is 63.8 cm³/mol. The van der Waals surface area contributed by atoms with Crippen LogP contribution in [-0.2, 0) is 4.74 Å². The fraction of sp³-hybridized carbons (Fsp3) is 0.538. The summed E-state index contributed by atoms with van der Waals surface area (Å²) in [7, 11) is 0. The summed E-state index contributed by atoms with van der Waals surface area (Å²) in [5, 5.41) is 0. The Balaban J connectivity index is 2.57. The number of hydrogen-bond donors (Lipinski definition) is 1. The summed E-state index contributed by atoms with van der Waals surface area (Å²) in [6.45, 7) is 5.59. The second-order valence-electron chi connectivity index (χ2n) is 3.86. The molecule has 0 saturated carbocycles.